The second kappa shape index (κ2) is 19.9. The van der Waals surface area contributed by atoms with Crippen LogP contribution in [0.2, 0.25) is 5.02 Å². The second-order valence-corrected chi connectivity index (χ2v) is 22.3. The Hall–Kier alpha value is -5.79. The lowest BCUT2D eigenvalue weighted by atomic mass is 9.77. The van der Waals surface area contributed by atoms with E-state index in [2.05, 4.69) is 77.8 Å². The molecular formula is C55H68ClF2N13O. The number of benzene rings is 2. The lowest BCUT2D eigenvalue weighted by molar-refractivity contribution is -0.129. The van der Waals surface area contributed by atoms with E-state index >= 15 is 0 Å². The lowest BCUT2D eigenvalue weighted by Gasteiger charge is -2.41. The highest BCUT2D eigenvalue weighted by molar-refractivity contribution is 6.32. The molecular weight excluding hydrogens is 932 g/mol. The van der Waals surface area contributed by atoms with Gasteiger partial charge in [-0.15, -0.1) is 10.2 Å². The number of hydrogen-bond donors (Lipinski definition) is 0. The van der Waals surface area contributed by atoms with Crippen molar-refractivity contribution < 1.29 is 13.6 Å². The van der Waals surface area contributed by atoms with Gasteiger partial charge in [-0.25, -0.2) is 0 Å². The number of likely N-dealkylation sites (tertiary alicyclic amines) is 1. The molecule has 0 radical (unpaired) electrons. The quantitative estimate of drug-likeness (QED) is 0.124. The largest absolute Gasteiger partial charge is 0.368 e. The third-order valence-corrected chi connectivity index (χ3v) is 17.7. The van der Waals surface area contributed by atoms with Gasteiger partial charge in [-0.05, 0) is 155 Å². The van der Waals surface area contributed by atoms with E-state index < -0.39 is 6.55 Å². The summed E-state index contributed by atoms with van der Waals surface area (Å²) in [5.41, 5.74) is 10.3. The lowest BCUT2D eigenvalue weighted by Crippen LogP contribution is -2.48. The average Bonchev–Trinajstić information content (AvgIpc) is 4.09. The SMILES string of the molecule is CC(=O)N1CCc2c(c(N3CCCc4cc(-c5cnn(C)c5)c(C)cc43)nn2C2CCC(CN3CCC(N(c4ccc(N5CCC6(CC5)C[C@H](C)N(c5ccc(C#N)c(Cl)c5)C6)nn4)C(F)F)CC3)CC2)C1. The van der Waals surface area contributed by atoms with E-state index in [0.29, 0.717) is 54.5 Å². The van der Waals surface area contributed by atoms with Crippen LogP contribution in [0.3, 0.4) is 0 Å². The molecule has 4 fully saturated rings. The number of aromatic nitrogens is 6. The van der Waals surface area contributed by atoms with Crippen LogP contribution >= 0.6 is 11.6 Å². The number of carbonyl (C=O) groups is 1. The summed E-state index contributed by atoms with van der Waals surface area (Å²) in [7, 11) is 1.96. The van der Waals surface area contributed by atoms with Gasteiger partial charge in [0.2, 0.25) is 5.91 Å². The summed E-state index contributed by atoms with van der Waals surface area (Å²) in [6.07, 6.45) is 15.6. The summed E-state index contributed by atoms with van der Waals surface area (Å²) in [5.74, 6) is 2.64. The van der Waals surface area contributed by atoms with Gasteiger partial charge in [-0.1, -0.05) is 11.6 Å². The van der Waals surface area contributed by atoms with E-state index in [9.17, 15) is 18.8 Å². The monoisotopic (exact) mass is 1000 g/mol. The van der Waals surface area contributed by atoms with Crippen LogP contribution in [-0.2, 0) is 31.2 Å². The van der Waals surface area contributed by atoms with Gasteiger partial charge in [-0.3, -0.25) is 19.1 Å². The van der Waals surface area contributed by atoms with Gasteiger partial charge in [-0.2, -0.15) is 24.2 Å². The number of halogens is 3. The molecule has 0 N–H and O–H groups in total. The average molecular weight is 1000 g/mol. The van der Waals surface area contributed by atoms with E-state index in [-0.39, 0.29) is 23.2 Å². The molecule has 72 heavy (non-hydrogen) atoms. The van der Waals surface area contributed by atoms with Gasteiger partial charge in [0.15, 0.2) is 17.5 Å². The highest BCUT2D eigenvalue weighted by Gasteiger charge is 2.45. The van der Waals surface area contributed by atoms with Gasteiger partial charge in [0.1, 0.15) is 6.07 Å². The second-order valence-electron chi connectivity index (χ2n) is 21.9. The number of piperidine rings is 2. The summed E-state index contributed by atoms with van der Waals surface area (Å²) in [6.45, 7) is 10.8. The Bertz CT molecular complexity index is 2820. The van der Waals surface area contributed by atoms with E-state index in [1.54, 1.807) is 19.1 Å². The zero-order chi connectivity index (χ0) is 49.8. The number of alkyl halides is 2. The summed E-state index contributed by atoms with van der Waals surface area (Å²) in [4.78, 5) is 25.5. The molecule has 8 heterocycles. The van der Waals surface area contributed by atoms with E-state index in [1.807, 2.05) is 41.0 Å². The minimum Gasteiger partial charge on any atom is -0.368 e. The van der Waals surface area contributed by atoms with E-state index in [1.165, 1.54) is 38.5 Å². The van der Waals surface area contributed by atoms with Gasteiger partial charge >= 0.3 is 6.55 Å². The number of hydrogen-bond acceptors (Lipinski definition) is 11. The van der Waals surface area contributed by atoms with E-state index in [4.69, 9.17) is 16.7 Å². The molecule has 0 bridgehead atoms. The van der Waals surface area contributed by atoms with Crippen molar-refractivity contribution in [2.45, 2.75) is 129 Å². The predicted octanol–water partition coefficient (Wildman–Crippen LogP) is 9.71. The number of rotatable bonds is 10. The molecule has 0 unspecified atom stereocenters. The maximum Gasteiger partial charge on any atom is 0.316 e. The number of aryl methyl sites for hydroxylation is 3. The fourth-order valence-electron chi connectivity index (χ4n) is 13.4. The first kappa shape index (κ1) is 48.5. The topological polar surface area (TPSA) is 122 Å². The standard InChI is InChI=1S/C55H68ClF2N13O/c1-36-26-50-40(27-46(36)42-31-60-64(4)33-42)6-5-20-68(50)53-47-34-67(38(3)72)23-17-49(47)71(63-53)44-10-7-39(8-11-44)32-65-21-15-43(16-22-65)70(54(57)58)52-14-13-51(61-62-52)66-24-18-55(19-25-66)29-37(2)69(35-55)45-12-9-41(30-59)48(56)28-45/h9,12-14,26-28,31,33,37,39,43-44,54H,5-8,10-11,15-25,29,32,34-35H2,1-4H3/t37-,39?,44?/m0/s1. The van der Waals surface area contributed by atoms with Crippen LogP contribution in [0, 0.1) is 29.6 Å². The fourth-order valence-corrected chi connectivity index (χ4v) is 13.7. The summed E-state index contributed by atoms with van der Waals surface area (Å²) >= 11 is 6.40. The fraction of sp³-hybridized carbons (Fsp3) is 0.564. The van der Waals surface area contributed by atoms with Crippen LogP contribution < -0.4 is 19.6 Å². The number of carbonyl (C=O) groups excluding carboxylic acids is 1. The molecule has 3 aromatic heterocycles. The highest BCUT2D eigenvalue weighted by atomic mass is 35.5. The molecule has 1 spiro atoms. The Kier molecular flexibility index (Phi) is 13.4. The maximum absolute atomic E-state index is 14.9. The number of amides is 1. The summed E-state index contributed by atoms with van der Waals surface area (Å²) in [6, 6.07) is 16.5. The van der Waals surface area contributed by atoms with Crippen molar-refractivity contribution in [3.8, 4) is 17.2 Å². The van der Waals surface area contributed by atoms with Crippen molar-refractivity contribution in [3.05, 3.63) is 87.8 Å². The van der Waals surface area contributed by atoms with Crippen LogP contribution in [0.1, 0.15) is 112 Å². The predicted molar refractivity (Wildman–Crippen MR) is 278 cm³/mol. The number of fused-ring (bicyclic) bond motifs is 2. The minimum atomic E-state index is -2.66. The molecule has 17 heteroatoms. The third kappa shape index (κ3) is 9.40. The zero-order valence-electron chi connectivity index (χ0n) is 42.3. The zero-order valence-corrected chi connectivity index (χ0v) is 43.0. The van der Waals surface area contributed by atoms with Gasteiger partial charge in [0.05, 0.1) is 29.4 Å². The van der Waals surface area contributed by atoms with Gasteiger partial charge in [0.25, 0.3) is 0 Å². The van der Waals surface area contributed by atoms with Gasteiger partial charge < -0.3 is 24.5 Å². The molecule has 1 aliphatic carbocycles. The smallest absolute Gasteiger partial charge is 0.316 e. The van der Waals surface area contributed by atoms with Gasteiger partial charge in [0, 0.05) is 119 Å². The Morgan fingerprint density at radius 1 is 0.972 bits per heavy atom. The Balaban J connectivity index is 0.691. The molecule has 5 aromatic rings. The van der Waals surface area contributed by atoms with Crippen molar-refractivity contribution in [1.82, 2.24) is 39.6 Å². The van der Waals surface area contributed by atoms with Crippen molar-refractivity contribution in [1.29, 1.82) is 5.26 Å². The van der Waals surface area contributed by atoms with Crippen molar-refractivity contribution in [3.63, 3.8) is 0 Å². The van der Waals surface area contributed by atoms with Crippen molar-refractivity contribution in [2.75, 3.05) is 72.0 Å². The molecule has 1 amide bonds. The minimum absolute atomic E-state index is 0.105. The van der Waals surface area contributed by atoms with Crippen LogP contribution in [0.25, 0.3) is 11.1 Å². The molecule has 5 aliphatic heterocycles. The molecule has 1 atom stereocenters. The molecule has 1 saturated carbocycles. The summed E-state index contributed by atoms with van der Waals surface area (Å²) in [5, 5.41) is 28.7. The highest BCUT2D eigenvalue weighted by Crippen LogP contribution is 2.47. The molecule has 6 aliphatic rings. The van der Waals surface area contributed by atoms with Crippen LogP contribution in [0.4, 0.5) is 37.6 Å². The normalized spacial score (nSPS) is 22.6. The van der Waals surface area contributed by atoms with Crippen LogP contribution in [0.15, 0.2) is 54.9 Å². The first-order valence-corrected chi connectivity index (χ1v) is 26.8. The first-order valence-electron chi connectivity index (χ1n) is 26.4. The Morgan fingerprint density at radius 3 is 2.44 bits per heavy atom. The van der Waals surface area contributed by atoms with Crippen LogP contribution in [0.5, 0.6) is 0 Å². The summed E-state index contributed by atoms with van der Waals surface area (Å²) < 4.78 is 34.0. The Morgan fingerprint density at radius 2 is 1.76 bits per heavy atom. The Labute approximate surface area is 427 Å². The third-order valence-electron chi connectivity index (χ3n) is 17.4. The van der Waals surface area contributed by atoms with Crippen molar-refractivity contribution >= 4 is 46.3 Å². The molecule has 11 rings (SSSR count). The molecule has 3 saturated heterocycles. The number of anilines is 5. The molecule has 14 nitrogen and oxygen atoms in total. The van der Waals surface area contributed by atoms with Crippen LogP contribution in [-0.4, -0.2) is 116 Å². The van der Waals surface area contributed by atoms with Crippen molar-refractivity contribution in [2.24, 2.45) is 18.4 Å². The molecule has 380 valence electrons. The molecule has 2 aromatic carbocycles. The maximum atomic E-state index is 14.9. The number of nitriles is 1. The first-order chi connectivity index (χ1) is 34.8. The van der Waals surface area contributed by atoms with E-state index in [0.717, 1.165) is 133 Å². The number of nitrogens with zero attached hydrogens (tertiary/aromatic N) is 13.